The van der Waals surface area contributed by atoms with Gasteiger partial charge >= 0.3 is 0 Å². The van der Waals surface area contributed by atoms with Gasteiger partial charge in [-0.15, -0.1) is 12.4 Å². The molecule has 2 N–H and O–H groups in total. The number of para-hydroxylation sites is 2. The number of nitrogens with zero attached hydrogens (tertiary/aromatic N) is 1. The van der Waals surface area contributed by atoms with E-state index in [1.54, 1.807) is 23.1 Å². The number of anilines is 2. The summed E-state index contributed by atoms with van der Waals surface area (Å²) in [6.45, 7) is 1.58. The largest absolute Gasteiger partial charge is 0.495 e. The van der Waals surface area contributed by atoms with Gasteiger partial charge in [0.25, 0.3) is 0 Å². The molecule has 0 aliphatic carbocycles. The van der Waals surface area contributed by atoms with E-state index in [0.717, 1.165) is 5.56 Å². The monoisotopic (exact) mass is 419 g/mol. The zero-order valence-electron chi connectivity index (χ0n) is 16.0. The lowest BCUT2D eigenvalue weighted by Gasteiger charge is -2.21. The predicted octanol–water partition coefficient (Wildman–Crippen LogP) is 2.89. The van der Waals surface area contributed by atoms with Crippen LogP contribution in [0.4, 0.5) is 15.8 Å². The van der Waals surface area contributed by atoms with Crippen LogP contribution in [-0.2, 0) is 22.6 Å². The van der Waals surface area contributed by atoms with Gasteiger partial charge in [0.1, 0.15) is 11.6 Å². The SMILES string of the molecule is COc1ccccc1N1CC(C(=O)Nc2ccc3c(c2F)CCNC3)CC1=O.Cl. The highest BCUT2D eigenvalue weighted by Gasteiger charge is 2.36. The van der Waals surface area contributed by atoms with Crippen molar-refractivity contribution in [2.24, 2.45) is 5.92 Å². The molecule has 0 spiro atoms. The molecule has 2 aromatic rings. The van der Waals surface area contributed by atoms with Gasteiger partial charge in [0.2, 0.25) is 11.8 Å². The third-order valence-corrected chi connectivity index (χ3v) is 5.34. The second kappa shape index (κ2) is 8.80. The van der Waals surface area contributed by atoms with E-state index in [-0.39, 0.29) is 48.7 Å². The summed E-state index contributed by atoms with van der Waals surface area (Å²) in [4.78, 5) is 26.7. The standard InChI is InChI=1S/C21H22FN3O3.ClH/c1-28-18-5-3-2-4-17(18)25-12-14(10-19(25)26)21(27)24-16-7-6-13-11-23-9-8-15(13)20(16)22;/h2-7,14,23H,8-12H2,1H3,(H,24,27);1H. The van der Waals surface area contributed by atoms with Crippen LogP contribution in [0.1, 0.15) is 17.5 Å². The molecule has 2 heterocycles. The summed E-state index contributed by atoms with van der Waals surface area (Å²) in [5.41, 5.74) is 2.38. The van der Waals surface area contributed by atoms with Crippen LogP contribution in [-0.4, -0.2) is 32.0 Å². The lowest BCUT2D eigenvalue weighted by atomic mass is 9.99. The number of rotatable bonds is 4. The molecule has 0 bridgehead atoms. The summed E-state index contributed by atoms with van der Waals surface area (Å²) in [6, 6.07) is 10.6. The smallest absolute Gasteiger partial charge is 0.229 e. The fourth-order valence-electron chi connectivity index (χ4n) is 3.83. The summed E-state index contributed by atoms with van der Waals surface area (Å²) < 4.78 is 20.1. The molecule has 2 aliphatic rings. The van der Waals surface area contributed by atoms with Crippen LogP contribution in [0, 0.1) is 11.7 Å². The van der Waals surface area contributed by atoms with Crippen LogP contribution in [0.5, 0.6) is 5.75 Å². The number of amides is 2. The average molecular weight is 420 g/mol. The Morgan fingerprint density at radius 3 is 2.86 bits per heavy atom. The molecule has 2 amide bonds. The molecular formula is C21H23ClFN3O3. The van der Waals surface area contributed by atoms with Gasteiger partial charge in [-0.1, -0.05) is 18.2 Å². The Hall–Kier alpha value is -2.64. The fourth-order valence-corrected chi connectivity index (χ4v) is 3.83. The zero-order chi connectivity index (χ0) is 19.7. The summed E-state index contributed by atoms with van der Waals surface area (Å²) in [5, 5.41) is 5.88. The first-order valence-electron chi connectivity index (χ1n) is 9.33. The summed E-state index contributed by atoms with van der Waals surface area (Å²) in [5.74, 6) is -0.848. The Labute approximate surface area is 174 Å². The Kier molecular flexibility index (Phi) is 6.39. The van der Waals surface area contributed by atoms with Gasteiger partial charge in [-0.3, -0.25) is 9.59 Å². The van der Waals surface area contributed by atoms with Crippen LogP contribution in [0.15, 0.2) is 36.4 Å². The zero-order valence-corrected chi connectivity index (χ0v) is 16.9. The molecule has 1 unspecified atom stereocenters. The van der Waals surface area contributed by atoms with Gasteiger partial charge < -0.3 is 20.3 Å². The number of halogens is 2. The minimum atomic E-state index is -0.547. The average Bonchev–Trinajstić information content (AvgIpc) is 3.12. The maximum atomic E-state index is 14.8. The molecule has 154 valence electrons. The topological polar surface area (TPSA) is 70.7 Å². The Balaban J connectivity index is 0.00000240. The number of nitrogens with one attached hydrogen (secondary N) is 2. The molecule has 29 heavy (non-hydrogen) atoms. The van der Waals surface area contributed by atoms with E-state index >= 15 is 0 Å². The van der Waals surface area contributed by atoms with Gasteiger partial charge in [0.15, 0.2) is 0 Å². The summed E-state index contributed by atoms with van der Waals surface area (Å²) in [6.07, 6.45) is 0.675. The van der Waals surface area contributed by atoms with Crippen LogP contribution in [0.3, 0.4) is 0 Å². The van der Waals surface area contributed by atoms with E-state index in [0.29, 0.717) is 36.5 Å². The van der Waals surface area contributed by atoms with Crippen LogP contribution >= 0.6 is 12.4 Å². The number of benzene rings is 2. The summed E-state index contributed by atoms with van der Waals surface area (Å²) >= 11 is 0. The molecule has 1 fully saturated rings. The molecular weight excluding hydrogens is 397 g/mol. The second-order valence-corrected chi connectivity index (χ2v) is 7.06. The molecule has 1 atom stereocenters. The molecule has 4 rings (SSSR count). The van der Waals surface area contributed by atoms with Gasteiger partial charge in [-0.2, -0.15) is 0 Å². The molecule has 0 aromatic heterocycles. The predicted molar refractivity (Wildman–Crippen MR) is 111 cm³/mol. The van der Waals surface area contributed by atoms with Crippen LogP contribution in [0.2, 0.25) is 0 Å². The van der Waals surface area contributed by atoms with E-state index in [2.05, 4.69) is 10.6 Å². The molecule has 8 heteroatoms. The first-order valence-corrected chi connectivity index (χ1v) is 9.33. The van der Waals surface area contributed by atoms with Crippen molar-refractivity contribution in [1.82, 2.24) is 5.32 Å². The minimum Gasteiger partial charge on any atom is -0.495 e. The van der Waals surface area contributed by atoms with E-state index in [1.807, 2.05) is 18.2 Å². The van der Waals surface area contributed by atoms with Crippen molar-refractivity contribution in [3.05, 3.63) is 53.3 Å². The van der Waals surface area contributed by atoms with Crippen molar-refractivity contribution in [2.45, 2.75) is 19.4 Å². The third-order valence-electron chi connectivity index (χ3n) is 5.34. The van der Waals surface area contributed by atoms with E-state index in [4.69, 9.17) is 4.74 Å². The van der Waals surface area contributed by atoms with Gasteiger partial charge in [-0.25, -0.2) is 4.39 Å². The lowest BCUT2D eigenvalue weighted by molar-refractivity contribution is -0.122. The van der Waals surface area contributed by atoms with Gasteiger partial charge in [0.05, 0.1) is 24.4 Å². The van der Waals surface area contributed by atoms with Crippen molar-refractivity contribution < 1.29 is 18.7 Å². The molecule has 1 saturated heterocycles. The first kappa shape index (κ1) is 21.1. The maximum absolute atomic E-state index is 14.8. The first-order chi connectivity index (χ1) is 13.6. The normalized spacial score (nSPS) is 18.1. The van der Waals surface area contributed by atoms with Crippen molar-refractivity contribution in [3.8, 4) is 5.75 Å². The Bertz CT molecular complexity index is 937. The maximum Gasteiger partial charge on any atom is 0.229 e. The second-order valence-electron chi connectivity index (χ2n) is 7.06. The number of hydrogen-bond donors (Lipinski definition) is 2. The molecule has 2 aromatic carbocycles. The number of carbonyl (C=O) groups excluding carboxylic acids is 2. The molecule has 6 nitrogen and oxygen atoms in total. The number of methoxy groups -OCH3 is 1. The number of ether oxygens (including phenoxy) is 1. The number of hydrogen-bond acceptors (Lipinski definition) is 4. The Morgan fingerprint density at radius 2 is 2.07 bits per heavy atom. The van der Waals surface area contributed by atoms with E-state index in [9.17, 15) is 14.0 Å². The highest BCUT2D eigenvalue weighted by atomic mass is 35.5. The van der Waals surface area contributed by atoms with E-state index in [1.165, 1.54) is 7.11 Å². The Morgan fingerprint density at radius 1 is 1.28 bits per heavy atom. The third kappa shape index (κ3) is 4.06. The molecule has 2 aliphatic heterocycles. The lowest BCUT2D eigenvalue weighted by Crippen LogP contribution is -2.29. The van der Waals surface area contributed by atoms with E-state index < -0.39 is 5.92 Å². The molecule has 0 saturated carbocycles. The fraction of sp³-hybridized carbons (Fsp3) is 0.333. The number of fused-ring (bicyclic) bond motifs is 1. The number of carbonyl (C=O) groups is 2. The van der Waals surface area contributed by atoms with Crippen molar-refractivity contribution in [2.75, 3.05) is 30.4 Å². The van der Waals surface area contributed by atoms with Crippen molar-refractivity contribution in [3.63, 3.8) is 0 Å². The highest BCUT2D eigenvalue weighted by Crippen LogP contribution is 2.33. The van der Waals surface area contributed by atoms with Crippen molar-refractivity contribution in [1.29, 1.82) is 0 Å². The minimum absolute atomic E-state index is 0. The van der Waals surface area contributed by atoms with Crippen molar-refractivity contribution >= 4 is 35.6 Å². The highest BCUT2D eigenvalue weighted by molar-refractivity contribution is 6.04. The molecule has 0 radical (unpaired) electrons. The van der Waals surface area contributed by atoms with Crippen LogP contribution in [0.25, 0.3) is 0 Å². The van der Waals surface area contributed by atoms with Gasteiger partial charge in [-0.05, 0) is 42.3 Å². The quantitative estimate of drug-likeness (QED) is 0.799. The van der Waals surface area contributed by atoms with Crippen LogP contribution < -0.4 is 20.3 Å². The van der Waals surface area contributed by atoms with Gasteiger partial charge in [0, 0.05) is 19.5 Å². The summed E-state index contributed by atoms with van der Waals surface area (Å²) in [7, 11) is 1.54.